The number of ether oxygens (including phenoxy) is 1. The molecule has 1 aromatic carbocycles. The third-order valence-electron chi connectivity index (χ3n) is 3.68. The number of carbonyl (C=O) groups excluding carboxylic acids is 1. The second-order valence-electron chi connectivity index (χ2n) is 5.69. The average molecular weight is 445 g/mol. The minimum Gasteiger partial charge on any atom is -0.497 e. The quantitative estimate of drug-likeness (QED) is 0.648. The lowest BCUT2D eigenvalue weighted by atomic mass is 10.2. The number of nitrogens with zero attached hydrogens (tertiary/aromatic N) is 3. The van der Waals surface area contributed by atoms with E-state index in [2.05, 4.69) is 15.5 Å². The number of hydrogen-bond acceptors (Lipinski definition) is 6. The fraction of sp³-hybridized carbons (Fsp3) is 0.176. The van der Waals surface area contributed by atoms with Crippen LogP contribution in [-0.4, -0.2) is 27.8 Å². The van der Waals surface area contributed by atoms with Crippen molar-refractivity contribution in [3.8, 4) is 5.75 Å². The van der Waals surface area contributed by atoms with Crippen LogP contribution in [0.15, 0.2) is 41.3 Å². The highest BCUT2D eigenvalue weighted by Crippen LogP contribution is 2.29. The molecule has 0 aliphatic heterocycles. The fourth-order valence-corrected chi connectivity index (χ4v) is 3.25. The van der Waals surface area contributed by atoms with Gasteiger partial charge in [-0.2, -0.15) is 13.2 Å². The number of alkyl halides is 3. The number of pyridine rings is 1. The Hall–Kier alpha value is -2.92. The topological polar surface area (TPSA) is 86.1 Å². The van der Waals surface area contributed by atoms with Gasteiger partial charge in [-0.05, 0) is 30.3 Å². The van der Waals surface area contributed by atoms with Crippen LogP contribution in [0.5, 0.6) is 5.75 Å². The molecule has 0 atom stereocenters. The number of amides is 1. The highest BCUT2D eigenvalue weighted by molar-refractivity contribution is 7.13. The summed E-state index contributed by atoms with van der Waals surface area (Å²) in [6.07, 6.45) is -4.02. The number of hydrogen-bond donors (Lipinski definition) is 1. The molecule has 0 unspecified atom stereocenters. The zero-order valence-electron chi connectivity index (χ0n) is 14.7. The number of rotatable bonds is 5. The van der Waals surface area contributed by atoms with Crippen LogP contribution in [0, 0.1) is 0 Å². The molecule has 12 heteroatoms. The number of anilines is 1. The van der Waals surface area contributed by atoms with E-state index in [1.165, 1.54) is 7.11 Å². The first-order chi connectivity index (χ1) is 13.7. The highest BCUT2D eigenvalue weighted by atomic mass is 35.5. The van der Waals surface area contributed by atoms with Crippen molar-refractivity contribution in [1.82, 2.24) is 14.8 Å². The van der Waals surface area contributed by atoms with Crippen molar-refractivity contribution in [2.45, 2.75) is 12.7 Å². The lowest BCUT2D eigenvalue weighted by Crippen LogP contribution is -2.23. The van der Waals surface area contributed by atoms with E-state index in [9.17, 15) is 22.8 Å². The molecule has 7 nitrogen and oxygen atoms in total. The van der Waals surface area contributed by atoms with Crippen molar-refractivity contribution < 1.29 is 22.7 Å². The molecule has 1 amide bonds. The molecule has 0 aliphatic carbocycles. The molecule has 29 heavy (non-hydrogen) atoms. The lowest BCUT2D eigenvalue weighted by Gasteiger charge is -2.10. The normalized spacial score (nSPS) is 11.3. The van der Waals surface area contributed by atoms with Crippen molar-refractivity contribution in [2.75, 3.05) is 12.4 Å². The van der Waals surface area contributed by atoms with E-state index < -0.39 is 28.2 Å². The monoisotopic (exact) mass is 444 g/mol. The number of aromatic nitrogens is 3. The maximum Gasteiger partial charge on any atom is 0.417 e. The van der Waals surface area contributed by atoms with Crippen LogP contribution in [0.1, 0.15) is 20.4 Å². The summed E-state index contributed by atoms with van der Waals surface area (Å²) in [5.41, 5.74) is -1.38. The van der Waals surface area contributed by atoms with Gasteiger partial charge in [0.1, 0.15) is 15.8 Å². The Balaban J connectivity index is 1.77. The van der Waals surface area contributed by atoms with E-state index in [1.54, 1.807) is 24.3 Å². The van der Waals surface area contributed by atoms with E-state index in [4.69, 9.17) is 16.3 Å². The Morgan fingerprint density at radius 3 is 2.59 bits per heavy atom. The van der Waals surface area contributed by atoms with Crippen molar-refractivity contribution in [1.29, 1.82) is 0 Å². The largest absolute Gasteiger partial charge is 0.497 e. The van der Waals surface area contributed by atoms with E-state index in [1.807, 2.05) is 0 Å². The van der Waals surface area contributed by atoms with E-state index in [0.717, 1.165) is 15.9 Å². The summed E-state index contributed by atoms with van der Waals surface area (Å²) in [6.45, 7) is -0.310. The van der Waals surface area contributed by atoms with Crippen LogP contribution in [0.4, 0.5) is 18.9 Å². The Kier molecular flexibility index (Phi) is 5.89. The molecule has 1 N–H and O–H groups in total. The van der Waals surface area contributed by atoms with Gasteiger partial charge in [0.2, 0.25) is 5.01 Å². The number of nitrogens with one attached hydrogen (secondary N) is 1. The minimum absolute atomic E-state index is 0.0121. The number of halogens is 4. The van der Waals surface area contributed by atoms with Gasteiger partial charge in [0.05, 0.1) is 19.2 Å². The van der Waals surface area contributed by atoms with Gasteiger partial charge in [0.25, 0.3) is 11.5 Å². The first-order valence-electron chi connectivity index (χ1n) is 7.92. The summed E-state index contributed by atoms with van der Waals surface area (Å²) in [5.74, 6) is 0.0692. The van der Waals surface area contributed by atoms with Gasteiger partial charge in [-0.3, -0.25) is 9.59 Å². The van der Waals surface area contributed by atoms with Crippen molar-refractivity contribution in [2.24, 2.45) is 0 Å². The number of carbonyl (C=O) groups is 1. The molecular weight excluding hydrogens is 433 g/mol. The molecule has 0 fully saturated rings. The van der Waals surface area contributed by atoms with Crippen LogP contribution in [0.2, 0.25) is 5.02 Å². The fourth-order valence-electron chi connectivity index (χ4n) is 2.29. The zero-order chi connectivity index (χ0) is 21.2. The molecule has 3 aromatic rings. The summed E-state index contributed by atoms with van der Waals surface area (Å²) >= 11 is 6.47. The molecule has 3 rings (SSSR count). The summed E-state index contributed by atoms with van der Waals surface area (Å²) in [4.78, 5) is 24.3. The number of methoxy groups -OCH3 is 1. The molecular formula is C17H12ClF3N4O3S. The van der Waals surface area contributed by atoms with Gasteiger partial charge < -0.3 is 14.6 Å². The van der Waals surface area contributed by atoms with Gasteiger partial charge in [-0.1, -0.05) is 22.9 Å². The maximum absolute atomic E-state index is 12.9. The predicted octanol–water partition coefficient (Wildman–Crippen LogP) is 3.68. The first kappa shape index (κ1) is 20.8. The van der Waals surface area contributed by atoms with Crippen LogP contribution < -0.4 is 15.6 Å². The van der Waals surface area contributed by atoms with Gasteiger partial charge >= 0.3 is 6.18 Å². The average Bonchev–Trinajstić information content (AvgIpc) is 3.14. The third kappa shape index (κ3) is 4.93. The smallest absolute Gasteiger partial charge is 0.417 e. The molecule has 0 bridgehead atoms. The Morgan fingerprint density at radius 1 is 1.28 bits per heavy atom. The first-order valence-corrected chi connectivity index (χ1v) is 9.12. The molecule has 2 heterocycles. The summed E-state index contributed by atoms with van der Waals surface area (Å²) in [7, 11) is 1.51. The second-order valence-corrected chi connectivity index (χ2v) is 7.16. The van der Waals surface area contributed by atoms with Gasteiger partial charge in [0.15, 0.2) is 0 Å². The van der Waals surface area contributed by atoms with Crippen LogP contribution >= 0.6 is 22.9 Å². The molecule has 0 radical (unpaired) electrons. The molecule has 0 aliphatic rings. The molecule has 0 saturated heterocycles. The Labute approximate surface area is 170 Å². The standard InChI is InChI=1S/C17H12ClF3N4O3S/c1-28-11-4-2-10(3-5-11)22-14(26)15-24-23-13(29-15)8-25-7-9(17(19,20)21)6-12(18)16(25)27/h2-7H,8H2,1H3,(H,22,26). The molecule has 0 saturated carbocycles. The predicted molar refractivity (Wildman–Crippen MR) is 101 cm³/mol. The van der Waals surface area contributed by atoms with Gasteiger partial charge in [-0.15, -0.1) is 10.2 Å². The Bertz CT molecular complexity index is 1100. The third-order valence-corrected chi connectivity index (χ3v) is 4.86. The van der Waals surface area contributed by atoms with Crippen LogP contribution in [-0.2, 0) is 12.7 Å². The molecule has 2 aromatic heterocycles. The van der Waals surface area contributed by atoms with Crippen LogP contribution in [0.25, 0.3) is 0 Å². The van der Waals surface area contributed by atoms with E-state index >= 15 is 0 Å². The SMILES string of the molecule is COc1ccc(NC(=O)c2nnc(Cn3cc(C(F)(F)F)cc(Cl)c3=O)s2)cc1. The molecule has 0 spiro atoms. The lowest BCUT2D eigenvalue weighted by molar-refractivity contribution is -0.138. The number of benzene rings is 1. The van der Waals surface area contributed by atoms with Gasteiger partial charge in [0, 0.05) is 11.9 Å². The van der Waals surface area contributed by atoms with E-state index in [0.29, 0.717) is 23.7 Å². The van der Waals surface area contributed by atoms with E-state index in [-0.39, 0.29) is 16.6 Å². The zero-order valence-corrected chi connectivity index (χ0v) is 16.2. The second kappa shape index (κ2) is 8.21. The van der Waals surface area contributed by atoms with Crippen molar-refractivity contribution >= 4 is 34.5 Å². The summed E-state index contributed by atoms with van der Waals surface area (Å²) in [6, 6.07) is 7.13. The summed E-state index contributed by atoms with van der Waals surface area (Å²) < 4.78 is 44.6. The van der Waals surface area contributed by atoms with Crippen molar-refractivity contribution in [3.05, 3.63) is 67.5 Å². The highest BCUT2D eigenvalue weighted by Gasteiger charge is 2.32. The minimum atomic E-state index is -4.66. The van der Waals surface area contributed by atoms with Crippen LogP contribution in [0.3, 0.4) is 0 Å². The van der Waals surface area contributed by atoms with Gasteiger partial charge in [-0.25, -0.2) is 0 Å². The maximum atomic E-state index is 12.9. The summed E-state index contributed by atoms with van der Waals surface area (Å²) in [5, 5.41) is 9.69. The Morgan fingerprint density at radius 2 is 1.97 bits per heavy atom. The molecule has 152 valence electrons. The van der Waals surface area contributed by atoms with Crippen molar-refractivity contribution in [3.63, 3.8) is 0 Å².